The summed E-state index contributed by atoms with van der Waals surface area (Å²) >= 11 is 0. The summed E-state index contributed by atoms with van der Waals surface area (Å²) in [5.41, 5.74) is 1.91. The maximum atomic E-state index is 13.4. The Hall–Kier alpha value is -3.36. The number of carbonyl (C=O) groups excluding carboxylic acids is 1. The Morgan fingerprint density at radius 2 is 1.44 bits per heavy atom. The Morgan fingerprint density at radius 1 is 0.853 bits per heavy atom. The van der Waals surface area contributed by atoms with Crippen LogP contribution in [0, 0.1) is 0 Å². The Bertz CT molecular complexity index is 1180. The fraction of sp³-hybridized carbons (Fsp3) is 0.269. The number of hydrogen-bond acceptors (Lipinski definition) is 5. The second-order valence-corrected chi connectivity index (χ2v) is 10.1. The average molecular weight is 480 g/mol. The molecule has 0 unspecified atom stereocenters. The summed E-state index contributed by atoms with van der Waals surface area (Å²) in [6.45, 7) is 2.37. The molecule has 1 aliphatic rings. The minimum absolute atomic E-state index is 0.135. The lowest BCUT2D eigenvalue weighted by atomic mass is 10.2. The Labute approximate surface area is 201 Å². The number of methoxy groups -OCH3 is 1. The van der Waals surface area contributed by atoms with E-state index in [1.54, 1.807) is 42.3 Å². The average Bonchev–Trinajstić information content (AvgIpc) is 2.89. The van der Waals surface area contributed by atoms with E-state index in [9.17, 15) is 13.2 Å². The second kappa shape index (κ2) is 10.7. The quantitative estimate of drug-likeness (QED) is 0.496. The predicted molar refractivity (Wildman–Crippen MR) is 132 cm³/mol. The zero-order valence-electron chi connectivity index (χ0n) is 19.2. The molecule has 0 radical (unpaired) electrons. The van der Waals surface area contributed by atoms with E-state index >= 15 is 0 Å². The summed E-state index contributed by atoms with van der Waals surface area (Å²) in [5.74, 6) is 0.612. The predicted octanol–water partition coefficient (Wildman–Crippen LogP) is 3.23. The van der Waals surface area contributed by atoms with E-state index in [1.807, 2.05) is 54.6 Å². The maximum Gasteiger partial charge on any atom is 0.243 e. The van der Waals surface area contributed by atoms with Crippen LogP contribution in [-0.4, -0.2) is 63.4 Å². The summed E-state index contributed by atoms with van der Waals surface area (Å²) in [4.78, 5) is 17.3. The number of carbonyl (C=O) groups is 1. The molecule has 0 saturated carbocycles. The van der Waals surface area contributed by atoms with Crippen molar-refractivity contribution in [2.45, 2.75) is 11.4 Å². The topological polar surface area (TPSA) is 70.2 Å². The molecule has 0 atom stereocenters. The van der Waals surface area contributed by atoms with E-state index in [0.717, 1.165) is 17.0 Å². The van der Waals surface area contributed by atoms with Gasteiger partial charge < -0.3 is 14.5 Å². The van der Waals surface area contributed by atoms with Crippen molar-refractivity contribution in [1.82, 2.24) is 9.21 Å². The molecule has 1 fully saturated rings. The first-order chi connectivity index (χ1) is 16.5. The van der Waals surface area contributed by atoms with Crippen LogP contribution >= 0.6 is 0 Å². The van der Waals surface area contributed by atoms with Gasteiger partial charge in [-0.1, -0.05) is 48.5 Å². The van der Waals surface area contributed by atoms with E-state index < -0.39 is 10.0 Å². The molecule has 178 valence electrons. The van der Waals surface area contributed by atoms with Crippen LogP contribution in [0.25, 0.3) is 0 Å². The fourth-order valence-corrected chi connectivity index (χ4v) is 5.41. The lowest BCUT2D eigenvalue weighted by Crippen LogP contribution is -2.51. The number of benzene rings is 3. The first kappa shape index (κ1) is 23.8. The molecule has 0 aromatic heterocycles. The number of anilines is 1. The number of hydrogen-bond donors (Lipinski definition) is 0. The Morgan fingerprint density at radius 3 is 2.03 bits per heavy atom. The number of piperazine rings is 1. The van der Waals surface area contributed by atoms with Gasteiger partial charge in [-0.3, -0.25) is 4.79 Å². The highest BCUT2D eigenvalue weighted by Gasteiger charge is 2.30. The fourth-order valence-electron chi connectivity index (χ4n) is 4.01. The van der Waals surface area contributed by atoms with Crippen LogP contribution in [0.1, 0.15) is 5.56 Å². The zero-order chi connectivity index (χ0) is 24.0. The van der Waals surface area contributed by atoms with Crippen LogP contribution in [0.3, 0.4) is 0 Å². The van der Waals surface area contributed by atoms with Gasteiger partial charge in [0.05, 0.1) is 18.6 Å². The third kappa shape index (κ3) is 5.58. The molecule has 1 aliphatic heterocycles. The molecule has 8 heteroatoms. The molecule has 0 bridgehead atoms. The minimum atomic E-state index is -3.83. The second-order valence-electron chi connectivity index (χ2n) is 8.14. The van der Waals surface area contributed by atoms with Crippen molar-refractivity contribution in [3.63, 3.8) is 0 Å². The third-order valence-electron chi connectivity index (χ3n) is 5.96. The molecule has 0 N–H and O–H groups in total. The minimum Gasteiger partial charge on any atom is -0.497 e. The van der Waals surface area contributed by atoms with Gasteiger partial charge >= 0.3 is 0 Å². The number of ether oxygens (including phenoxy) is 1. The molecule has 0 spiro atoms. The van der Waals surface area contributed by atoms with E-state index in [-0.39, 0.29) is 23.9 Å². The smallest absolute Gasteiger partial charge is 0.243 e. The number of rotatable bonds is 8. The summed E-state index contributed by atoms with van der Waals surface area (Å²) in [6, 6.07) is 25.5. The molecule has 1 saturated heterocycles. The van der Waals surface area contributed by atoms with Gasteiger partial charge in [0.15, 0.2) is 0 Å². The number of nitrogens with zero attached hydrogens (tertiary/aromatic N) is 3. The van der Waals surface area contributed by atoms with Crippen molar-refractivity contribution in [2.24, 2.45) is 0 Å². The van der Waals surface area contributed by atoms with Crippen molar-refractivity contribution in [3.05, 3.63) is 90.5 Å². The van der Waals surface area contributed by atoms with Crippen LogP contribution in [0.5, 0.6) is 5.75 Å². The highest BCUT2D eigenvalue weighted by molar-refractivity contribution is 7.89. The van der Waals surface area contributed by atoms with Gasteiger partial charge in [-0.2, -0.15) is 4.31 Å². The van der Waals surface area contributed by atoms with Gasteiger partial charge in [0.25, 0.3) is 0 Å². The Kier molecular flexibility index (Phi) is 7.49. The van der Waals surface area contributed by atoms with Crippen molar-refractivity contribution < 1.29 is 17.9 Å². The normalized spacial score (nSPS) is 14.3. The highest BCUT2D eigenvalue weighted by atomic mass is 32.2. The van der Waals surface area contributed by atoms with E-state index in [2.05, 4.69) is 4.90 Å². The SMILES string of the molecule is COc1ccc(N2CCN(C(=O)CN(Cc3ccccc3)S(=O)(=O)c3ccccc3)CC2)cc1. The molecule has 3 aromatic rings. The summed E-state index contributed by atoms with van der Waals surface area (Å²) in [7, 11) is -2.19. The van der Waals surface area contributed by atoms with Crippen molar-refractivity contribution >= 4 is 21.6 Å². The van der Waals surface area contributed by atoms with E-state index in [1.165, 1.54) is 4.31 Å². The van der Waals surface area contributed by atoms with Gasteiger partial charge in [0, 0.05) is 38.4 Å². The zero-order valence-corrected chi connectivity index (χ0v) is 20.0. The number of sulfonamides is 1. The van der Waals surface area contributed by atoms with E-state index in [0.29, 0.717) is 26.2 Å². The van der Waals surface area contributed by atoms with Crippen LogP contribution in [-0.2, 0) is 21.4 Å². The van der Waals surface area contributed by atoms with Crippen molar-refractivity contribution in [3.8, 4) is 5.75 Å². The van der Waals surface area contributed by atoms with Gasteiger partial charge in [0.2, 0.25) is 15.9 Å². The molecule has 1 heterocycles. The molecular weight excluding hydrogens is 450 g/mol. The lowest BCUT2D eigenvalue weighted by Gasteiger charge is -2.37. The molecular formula is C26H29N3O4S. The van der Waals surface area contributed by atoms with Crippen molar-refractivity contribution in [2.75, 3.05) is 44.7 Å². The van der Waals surface area contributed by atoms with Gasteiger partial charge in [-0.15, -0.1) is 0 Å². The van der Waals surface area contributed by atoms with Gasteiger partial charge in [0.1, 0.15) is 5.75 Å². The van der Waals surface area contributed by atoms with E-state index in [4.69, 9.17) is 4.74 Å². The Balaban J connectivity index is 1.45. The van der Waals surface area contributed by atoms with Crippen LogP contribution in [0.2, 0.25) is 0 Å². The summed E-state index contributed by atoms with van der Waals surface area (Å²) in [6.07, 6.45) is 0. The highest BCUT2D eigenvalue weighted by Crippen LogP contribution is 2.22. The summed E-state index contributed by atoms with van der Waals surface area (Å²) in [5, 5.41) is 0. The molecule has 1 amide bonds. The molecule has 7 nitrogen and oxygen atoms in total. The first-order valence-corrected chi connectivity index (χ1v) is 12.7. The standard InChI is InChI=1S/C26H29N3O4S/c1-33-24-14-12-23(13-15-24)27-16-18-28(19-17-27)26(30)21-29(20-22-8-4-2-5-9-22)34(31,32)25-10-6-3-7-11-25/h2-15H,16-21H2,1H3. The molecule has 34 heavy (non-hydrogen) atoms. The summed E-state index contributed by atoms with van der Waals surface area (Å²) < 4.78 is 33.3. The van der Waals surface area contributed by atoms with Crippen molar-refractivity contribution in [1.29, 1.82) is 0 Å². The largest absolute Gasteiger partial charge is 0.497 e. The molecule has 3 aromatic carbocycles. The third-order valence-corrected chi connectivity index (χ3v) is 7.77. The van der Waals surface area contributed by atoms with Crippen LogP contribution in [0.4, 0.5) is 5.69 Å². The lowest BCUT2D eigenvalue weighted by molar-refractivity contribution is -0.131. The molecule has 4 rings (SSSR count). The van der Waals surface area contributed by atoms with Gasteiger partial charge in [-0.05, 0) is 42.0 Å². The van der Waals surface area contributed by atoms with Crippen LogP contribution < -0.4 is 9.64 Å². The van der Waals surface area contributed by atoms with Crippen LogP contribution in [0.15, 0.2) is 89.8 Å². The first-order valence-electron chi connectivity index (χ1n) is 11.2. The molecule has 0 aliphatic carbocycles. The monoisotopic (exact) mass is 479 g/mol. The maximum absolute atomic E-state index is 13.4. The van der Waals surface area contributed by atoms with Gasteiger partial charge in [-0.25, -0.2) is 8.42 Å². The number of amides is 1.